The van der Waals surface area contributed by atoms with Gasteiger partial charge in [0, 0.05) is 0 Å². The van der Waals surface area contributed by atoms with Crippen LogP contribution in [0.25, 0.3) is 0 Å². The summed E-state index contributed by atoms with van der Waals surface area (Å²) < 4.78 is 59.7. The number of aryl methyl sites for hydroxylation is 2. The summed E-state index contributed by atoms with van der Waals surface area (Å²) >= 11 is 0. The summed E-state index contributed by atoms with van der Waals surface area (Å²) in [7, 11) is -7.93. The Morgan fingerprint density at radius 2 is 1.21 bits per heavy atom. The van der Waals surface area contributed by atoms with Crippen molar-refractivity contribution < 1.29 is 25.2 Å². The molecule has 0 N–H and O–H groups in total. The molecule has 3 rings (SSSR count). The van der Waals surface area contributed by atoms with Gasteiger partial charge >= 0.3 is 10.1 Å². The molecule has 152 valence electrons. The van der Waals surface area contributed by atoms with Crippen LogP contribution in [-0.2, 0) is 31.0 Å². The van der Waals surface area contributed by atoms with Crippen molar-refractivity contribution in [3.8, 4) is 5.75 Å². The van der Waals surface area contributed by atoms with Crippen LogP contribution >= 0.6 is 0 Å². The zero-order chi connectivity index (χ0) is 21.1. The zero-order valence-electron chi connectivity index (χ0n) is 15.9. The summed E-state index contributed by atoms with van der Waals surface area (Å²) in [5, 5.41) is 0. The van der Waals surface area contributed by atoms with E-state index in [9.17, 15) is 16.8 Å². The van der Waals surface area contributed by atoms with Crippen molar-refractivity contribution in [2.45, 2.75) is 30.2 Å². The Bertz CT molecular complexity index is 1200. The van der Waals surface area contributed by atoms with Gasteiger partial charge in [-0.2, -0.15) is 16.8 Å². The van der Waals surface area contributed by atoms with Crippen molar-refractivity contribution in [2.75, 3.05) is 0 Å². The minimum Gasteiger partial charge on any atom is -0.379 e. The Morgan fingerprint density at radius 1 is 0.690 bits per heavy atom. The SMILES string of the molecule is Cc1ccc(S(=O)(=O)OCc2cccc(OS(=O)(=O)c3ccc(C)cc3)c2)cc1. The number of hydrogen-bond acceptors (Lipinski definition) is 6. The molecule has 0 atom stereocenters. The Labute approximate surface area is 171 Å². The molecule has 0 unspecified atom stereocenters. The highest BCUT2D eigenvalue weighted by Gasteiger charge is 2.18. The largest absolute Gasteiger partial charge is 0.379 e. The molecule has 0 radical (unpaired) electrons. The fraction of sp³-hybridized carbons (Fsp3) is 0.143. The van der Waals surface area contributed by atoms with Gasteiger partial charge in [-0.05, 0) is 55.8 Å². The van der Waals surface area contributed by atoms with Crippen molar-refractivity contribution in [1.29, 1.82) is 0 Å². The van der Waals surface area contributed by atoms with Gasteiger partial charge < -0.3 is 4.18 Å². The molecule has 29 heavy (non-hydrogen) atoms. The molecule has 6 nitrogen and oxygen atoms in total. The lowest BCUT2D eigenvalue weighted by atomic mass is 10.2. The molecular formula is C21H20O6S2. The average Bonchev–Trinajstić information content (AvgIpc) is 2.67. The molecule has 0 aliphatic heterocycles. The van der Waals surface area contributed by atoms with E-state index < -0.39 is 20.2 Å². The molecule has 0 aromatic heterocycles. The van der Waals surface area contributed by atoms with E-state index in [1.807, 2.05) is 13.8 Å². The van der Waals surface area contributed by atoms with Crippen LogP contribution in [0, 0.1) is 13.8 Å². The second-order valence-electron chi connectivity index (χ2n) is 6.53. The smallest absolute Gasteiger partial charge is 0.339 e. The molecule has 3 aromatic rings. The maximum Gasteiger partial charge on any atom is 0.339 e. The van der Waals surface area contributed by atoms with E-state index in [1.165, 1.54) is 36.4 Å². The summed E-state index contributed by atoms with van der Waals surface area (Å²) in [6.07, 6.45) is 0. The van der Waals surface area contributed by atoms with Crippen LogP contribution in [-0.4, -0.2) is 16.8 Å². The van der Waals surface area contributed by atoms with Gasteiger partial charge in [-0.1, -0.05) is 47.5 Å². The Balaban J connectivity index is 1.72. The van der Waals surface area contributed by atoms with E-state index in [2.05, 4.69) is 0 Å². The van der Waals surface area contributed by atoms with Crippen LogP contribution in [0.5, 0.6) is 5.75 Å². The minimum atomic E-state index is -4.00. The Hall–Kier alpha value is -2.68. The normalized spacial score (nSPS) is 11.9. The van der Waals surface area contributed by atoms with Crippen LogP contribution < -0.4 is 4.18 Å². The molecule has 0 amide bonds. The number of rotatable bonds is 7. The lowest BCUT2D eigenvalue weighted by Gasteiger charge is -2.10. The van der Waals surface area contributed by atoms with Crippen molar-refractivity contribution in [3.05, 3.63) is 89.5 Å². The number of hydrogen-bond donors (Lipinski definition) is 0. The highest BCUT2D eigenvalue weighted by atomic mass is 32.2. The van der Waals surface area contributed by atoms with Crippen molar-refractivity contribution >= 4 is 20.2 Å². The highest BCUT2D eigenvalue weighted by Crippen LogP contribution is 2.22. The molecule has 0 fully saturated rings. The van der Waals surface area contributed by atoms with Crippen LogP contribution in [0.15, 0.2) is 82.6 Å². The van der Waals surface area contributed by atoms with E-state index in [0.29, 0.717) is 5.56 Å². The van der Waals surface area contributed by atoms with Crippen molar-refractivity contribution in [1.82, 2.24) is 0 Å². The Morgan fingerprint density at radius 3 is 1.76 bits per heavy atom. The summed E-state index contributed by atoms with van der Waals surface area (Å²) in [6, 6.07) is 18.7. The van der Waals surface area contributed by atoms with Gasteiger partial charge in [0.25, 0.3) is 10.1 Å². The second-order valence-corrected chi connectivity index (χ2v) is 9.69. The van der Waals surface area contributed by atoms with Gasteiger partial charge in [-0.3, -0.25) is 4.18 Å². The monoisotopic (exact) mass is 432 g/mol. The maximum absolute atomic E-state index is 12.4. The first kappa shape index (κ1) is 21.0. The first-order valence-electron chi connectivity index (χ1n) is 8.72. The summed E-state index contributed by atoms with van der Waals surface area (Å²) in [5.74, 6) is 0.0689. The number of benzene rings is 3. The molecule has 8 heteroatoms. The van der Waals surface area contributed by atoms with Gasteiger partial charge in [0.1, 0.15) is 10.6 Å². The predicted octanol–water partition coefficient (Wildman–Crippen LogP) is 3.98. The van der Waals surface area contributed by atoms with Crippen LogP contribution in [0.4, 0.5) is 0 Å². The van der Waals surface area contributed by atoms with E-state index in [1.54, 1.807) is 36.4 Å². The van der Waals surface area contributed by atoms with Gasteiger partial charge in [0.05, 0.1) is 11.5 Å². The lowest BCUT2D eigenvalue weighted by Crippen LogP contribution is -2.10. The minimum absolute atomic E-state index is 0.0340. The third kappa shape index (κ3) is 5.44. The summed E-state index contributed by atoms with van der Waals surface area (Å²) in [6.45, 7) is 3.46. The van der Waals surface area contributed by atoms with E-state index >= 15 is 0 Å². The van der Waals surface area contributed by atoms with E-state index in [0.717, 1.165) is 11.1 Å². The van der Waals surface area contributed by atoms with Gasteiger partial charge in [0.15, 0.2) is 0 Å². The predicted molar refractivity (Wildman–Crippen MR) is 109 cm³/mol. The molecule has 0 bridgehead atoms. The molecular weight excluding hydrogens is 412 g/mol. The first-order valence-corrected chi connectivity index (χ1v) is 11.5. The maximum atomic E-state index is 12.4. The average molecular weight is 433 g/mol. The van der Waals surface area contributed by atoms with Gasteiger partial charge in [-0.15, -0.1) is 0 Å². The molecule has 0 aliphatic carbocycles. The second kappa shape index (κ2) is 8.36. The molecule has 0 saturated carbocycles. The van der Waals surface area contributed by atoms with Crippen molar-refractivity contribution in [2.24, 2.45) is 0 Å². The van der Waals surface area contributed by atoms with E-state index in [4.69, 9.17) is 8.37 Å². The topological polar surface area (TPSA) is 86.7 Å². The third-order valence-electron chi connectivity index (χ3n) is 4.10. The Kier molecular flexibility index (Phi) is 6.07. The van der Waals surface area contributed by atoms with Crippen LogP contribution in [0.1, 0.15) is 16.7 Å². The molecule has 3 aromatic carbocycles. The highest BCUT2D eigenvalue weighted by molar-refractivity contribution is 7.87. The van der Waals surface area contributed by atoms with Crippen molar-refractivity contribution in [3.63, 3.8) is 0 Å². The fourth-order valence-electron chi connectivity index (χ4n) is 2.49. The fourth-order valence-corrected chi connectivity index (χ4v) is 4.30. The van der Waals surface area contributed by atoms with Crippen LogP contribution in [0.3, 0.4) is 0 Å². The zero-order valence-corrected chi connectivity index (χ0v) is 17.5. The molecule has 0 aliphatic rings. The molecule has 0 saturated heterocycles. The summed E-state index contributed by atoms with van der Waals surface area (Å²) in [5.41, 5.74) is 2.32. The summed E-state index contributed by atoms with van der Waals surface area (Å²) in [4.78, 5) is 0.0872. The molecule has 0 spiro atoms. The van der Waals surface area contributed by atoms with E-state index in [-0.39, 0.29) is 22.1 Å². The van der Waals surface area contributed by atoms with Gasteiger partial charge in [0.2, 0.25) is 0 Å². The quantitative estimate of drug-likeness (QED) is 0.525. The van der Waals surface area contributed by atoms with Gasteiger partial charge in [-0.25, -0.2) is 0 Å². The molecule has 0 heterocycles. The lowest BCUT2D eigenvalue weighted by molar-refractivity contribution is 0.307. The standard InChI is InChI=1S/C21H20O6S2/c1-16-6-10-20(11-7-16)28(22,23)26-15-18-4-3-5-19(14-18)27-29(24,25)21-12-8-17(2)9-13-21/h3-14H,15H2,1-2H3. The van der Waals surface area contributed by atoms with Crippen LogP contribution in [0.2, 0.25) is 0 Å². The first-order chi connectivity index (χ1) is 13.7. The third-order valence-corrected chi connectivity index (χ3v) is 6.64.